The molecule has 92 valence electrons. The second kappa shape index (κ2) is 4.50. The zero-order valence-corrected chi connectivity index (χ0v) is 9.92. The molecule has 0 aliphatic heterocycles. The molecule has 0 fully saturated rings. The molecule has 0 aliphatic rings. The van der Waals surface area contributed by atoms with E-state index in [4.69, 9.17) is 5.26 Å². The van der Waals surface area contributed by atoms with Crippen LogP contribution >= 0.6 is 0 Å². The van der Waals surface area contributed by atoms with E-state index < -0.39 is 5.82 Å². The Hall–Kier alpha value is -2.74. The predicted octanol–water partition coefficient (Wildman–Crippen LogP) is 2.63. The lowest BCUT2D eigenvalue weighted by atomic mass is 10.3. The molecule has 0 saturated heterocycles. The van der Waals surface area contributed by atoms with Crippen LogP contribution in [0.5, 0.6) is 0 Å². The van der Waals surface area contributed by atoms with Crippen molar-refractivity contribution in [2.45, 2.75) is 6.42 Å². The molecule has 0 N–H and O–H groups in total. The highest BCUT2D eigenvalue weighted by atomic mass is 19.1. The standard InChI is InChI=1S/C14H9FN4/c15-10-4-3-9-17-14(10)19-12-6-2-1-5-11(12)18-13(19)7-8-16/h1-6,9H,7H2. The molecule has 0 amide bonds. The minimum atomic E-state index is -0.440. The molecule has 3 aromatic rings. The van der Waals surface area contributed by atoms with Gasteiger partial charge in [-0.15, -0.1) is 0 Å². The molecule has 0 aliphatic carbocycles. The van der Waals surface area contributed by atoms with Crippen molar-refractivity contribution in [1.29, 1.82) is 5.26 Å². The van der Waals surface area contributed by atoms with Gasteiger partial charge in [-0.3, -0.25) is 4.57 Å². The van der Waals surface area contributed by atoms with E-state index in [2.05, 4.69) is 9.97 Å². The quantitative estimate of drug-likeness (QED) is 0.704. The van der Waals surface area contributed by atoms with E-state index in [1.54, 1.807) is 4.57 Å². The number of nitriles is 1. The van der Waals surface area contributed by atoms with Crippen molar-refractivity contribution in [2.75, 3.05) is 0 Å². The normalized spacial score (nSPS) is 10.5. The molecule has 0 unspecified atom stereocenters. The van der Waals surface area contributed by atoms with Crippen LogP contribution in [0.1, 0.15) is 5.82 Å². The lowest BCUT2D eigenvalue weighted by molar-refractivity contribution is 0.608. The fourth-order valence-electron chi connectivity index (χ4n) is 2.04. The second-order valence-electron chi connectivity index (χ2n) is 4.00. The molecule has 0 radical (unpaired) electrons. The number of nitrogens with zero attached hydrogens (tertiary/aromatic N) is 4. The van der Waals surface area contributed by atoms with Crippen molar-refractivity contribution in [3.05, 3.63) is 54.2 Å². The van der Waals surface area contributed by atoms with Crippen LogP contribution in [-0.2, 0) is 6.42 Å². The Kier molecular flexibility index (Phi) is 2.69. The topological polar surface area (TPSA) is 54.5 Å². The summed E-state index contributed by atoms with van der Waals surface area (Å²) >= 11 is 0. The van der Waals surface area contributed by atoms with Crippen molar-refractivity contribution in [1.82, 2.24) is 14.5 Å². The minimum Gasteiger partial charge on any atom is -0.277 e. The first-order valence-electron chi connectivity index (χ1n) is 5.75. The zero-order chi connectivity index (χ0) is 13.2. The first-order chi connectivity index (χ1) is 9.31. The highest BCUT2D eigenvalue weighted by Gasteiger charge is 2.15. The summed E-state index contributed by atoms with van der Waals surface area (Å²) in [5.41, 5.74) is 1.46. The molecule has 0 bridgehead atoms. The van der Waals surface area contributed by atoms with Gasteiger partial charge in [-0.05, 0) is 24.3 Å². The Balaban J connectivity index is 2.35. The Labute approximate surface area is 108 Å². The Morgan fingerprint density at radius 1 is 1.21 bits per heavy atom. The molecular formula is C14H9FN4. The fourth-order valence-corrected chi connectivity index (χ4v) is 2.04. The number of pyridine rings is 1. The Bertz CT molecular complexity index is 785. The van der Waals surface area contributed by atoms with E-state index in [1.165, 1.54) is 18.3 Å². The van der Waals surface area contributed by atoms with Crippen LogP contribution in [0.3, 0.4) is 0 Å². The van der Waals surface area contributed by atoms with Gasteiger partial charge in [0.1, 0.15) is 5.82 Å². The average Bonchev–Trinajstić information content (AvgIpc) is 2.78. The molecule has 2 heterocycles. The second-order valence-corrected chi connectivity index (χ2v) is 4.00. The number of benzene rings is 1. The monoisotopic (exact) mass is 252 g/mol. The van der Waals surface area contributed by atoms with Crippen LogP contribution in [0.15, 0.2) is 42.6 Å². The molecule has 2 aromatic heterocycles. The third-order valence-corrected chi connectivity index (χ3v) is 2.82. The van der Waals surface area contributed by atoms with Crippen LogP contribution in [0.25, 0.3) is 16.9 Å². The molecule has 0 spiro atoms. The fraction of sp³-hybridized carbons (Fsp3) is 0.0714. The summed E-state index contributed by atoms with van der Waals surface area (Å²) in [6, 6.07) is 12.3. The molecule has 1 aromatic carbocycles. The first kappa shape index (κ1) is 11.4. The van der Waals surface area contributed by atoms with Crippen LogP contribution in [-0.4, -0.2) is 14.5 Å². The van der Waals surface area contributed by atoms with Gasteiger partial charge < -0.3 is 0 Å². The van der Waals surface area contributed by atoms with Gasteiger partial charge in [0.25, 0.3) is 0 Å². The van der Waals surface area contributed by atoms with Crippen molar-refractivity contribution in [3.63, 3.8) is 0 Å². The van der Waals surface area contributed by atoms with Crippen molar-refractivity contribution >= 4 is 11.0 Å². The number of halogens is 1. The largest absolute Gasteiger partial charge is 0.277 e. The molecule has 4 nitrogen and oxygen atoms in total. The summed E-state index contributed by atoms with van der Waals surface area (Å²) in [6.07, 6.45) is 1.62. The van der Waals surface area contributed by atoms with Crippen molar-refractivity contribution in [3.8, 4) is 11.9 Å². The number of para-hydroxylation sites is 2. The van der Waals surface area contributed by atoms with Gasteiger partial charge in [-0.25, -0.2) is 14.4 Å². The van der Waals surface area contributed by atoms with Crippen LogP contribution in [0, 0.1) is 17.1 Å². The van der Waals surface area contributed by atoms with Crippen molar-refractivity contribution in [2.24, 2.45) is 0 Å². The van der Waals surface area contributed by atoms with Crippen LogP contribution < -0.4 is 0 Å². The van der Waals surface area contributed by atoms with Gasteiger partial charge in [-0.1, -0.05) is 12.1 Å². The van der Waals surface area contributed by atoms with Crippen LogP contribution in [0.4, 0.5) is 4.39 Å². The van der Waals surface area contributed by atoms with E-state index >= 15 is 0 Å². The number of hydrogen-bond acceptors (Lipinski definition) is 3. The molecular weight excluding hydrogens is 243 g/mol. The molecule has 5 heteroatoms. The third-order valence-electron chi connectivity index (χ3n) is 2.82. The zero-order valence-electron chi connectivity index (χ0n) is 9.92. The molecule has 0 saturated carbocycles. The number of aromatic nitrogens is 3. The number of fused-ring (bicyclic) bond motifs is 1. The van der Waals surface area contributed by atoms with Gasteiger partial charge >= 0.3 is 0 Å². The average molecular weight is 252 g/mol. The van der Waals surface area contributed by atoms with Gasteiger partial charge in [0.15, 0.2) is 11.6 Å². The highest BCUT2D eigenvalue weighted by molar-refractivity contribution is 5.77. The number of rotatable bonds is 2. The maximum absolute atomic E-state index is 13.9. The van der Waals surface area contributed by atoms with E-state index in [1.807, 2.05) is 30.3 Å². The lowest BCUT2D eigenvalue weighted by Crippen LogP contribution is -2.05. The van der Waals surface area contributed by atoms with Gasteiger partial charge in [0, 0.05) is 6.20 Å². The third kappa shape index (κ3) is 1.83. The maximum Gasteiger partial charge on any atom is 0.175 e. The molecule has 19 heavy (non-hydrogen) atoms. The van der Waals surface area contributed by atoms with E-state index in [0.717, 1.165) is 11.0 Å². The van der Waals surface area contributed by atoms with E-state index in [0.29, 0.717) is 5.82 Å². The first-order valence-corrected chi connectivity index (χ1v) is 5.75. The van der Waals surface area contributed by atoms with E-state index in [9.17, 15) is 4.39 Å². The predicted molar refractivity (Wildman–Crippen MR) is 68.1 cm³/mol. The molecule has 3 rings (SSSR count). The number of imidazole rings is 1. The van der Waals surface area contributed by atoms with Gasteiger partial charge in [0.05, 0.1) is 23.5 Å². The van der Waals surface area contributed by atoms with Gasteiger partial charge in [-0.2, -0.15) is 5.26 Å². The summed E-state index contributed by atoms with van der Waals surface area (Å²) in [5, 5.41) is 8.87. The van der Waals surface area contributed by atoms with Crippen LogP contribution in [0.2, 0.25) is 0 Å². The van der Waals surface area contributed by atoms with Crippen molar-refractivity contribution < 1.29 is 4.39 Å². The van der Waals surface area contributed by atoms with E-state index in [-0.39, 0.29) is 12.2 Å². The summed E-state index contributed by atoms with van der Waals surface area (Å²) < 4.78 is 15.5. The summed E-state index contributed by atoms with van der Waals surface area (Å²) in [6.45, 7) is 0. The SMILES string of the molecule is N#CCc1nc2ccccc2n1-c1ncccc1F. The number of hydrogen-bond donors (Lipinski definition) is 0. The Morgan fingerprint density at radius 3 is 2.84 bits per heavy atom. The Morgan fingerprint density at radius 2 is 2.05 bits per heavy atom. The molecule has 0 atom stereocenters. The minimum absolute atomic E-state index is 0.102. The summed E-state index contributed by atoms with van der Waals surface area (Å²) in [4.78, 5) is 8.41. The summed E-state index contributed by atoms with van der Waals surface area (Å²) in [5.74, 6) is 0.215. The highest BCUT2D eigenvalue weighted by Crippen LogP contribution is 2.22. The smallest absolute Gasteiger partial charge is 0.175 e. The summed E-state index contributed by atoms with van der Waals surface area (Å²) in [7, 11) is 0. The lowest BCUT2D eigenvalue weighted by Gasteiger charge is -2.07. The maximum atomic E-state index is 13.9. The van der Waals surface area contributed by atoms with Gasteiger partial charge in [0.2, 0.25) is 0 Å².